The minimum atomic E-state index is -0.579. The van der Waals surface area contributed by atoms with Crippen LogP contribution in [0.25, 0.3) is 0 Å². The molecule has 0 saturated heterocycles. The van der Waals surface area contributed by atoms with E-state index in [1.54, 1.807) is 6.07 Å². The molecule has 0 heterocycles. The Morgan fingerprint density at radius 1 is 0.929 bits per heavy atom. The van der Waals surface area contributed by atoms with E-state index in [1.807, 2.05) is 79.7 Å². The summed E-state index contributed by atoms with van der Waals surface area (Å²) in [6.45, 7) is 1.55. The van der Waals surface area contributed by atoms with Crippen LogP contribution in [0.4, 0.5) is 5.69 Å². The average molecular weight is 438 g/mol. The topological polar surface area (TPSA) is 55.4 Å². The number of aryl methyl sites for hydroxylation is 1. The first-order valence-corrected chi connectivity index (χ1v) is 9.66. The van der Waals surface area contributed by atoms with Crippen LogP contribution in [0.1, 0.15) is 22.6 Å². The van der Waals surface area contributed by atoms with E-state index in [1.165, 1.54) is 0 Å². The number of hydrogen-bond donors (Lipinski definition) is 1. The van der Waals surface area contributed by atoms with Gasteiger partial charge in [0.2, 0.25) is 0 Å². The highest BCUT2D eigenvalue weighted by atomic mass is 79.9. The van der Waals surface area contributed by atoms with Gasteiger partial charge < -0.3 is 10.1 Å². The molecule has 0 aliphatic heterocycles. The summed E-state index contributed by atoms with van der Waals surface area (Å²) in [5.74, 6) is -1.41. The lowest BCUT2D eigenvalue weighted by molar-refractivity contribution is -0.147. The third-order valence-corrected chi connectivity index (χ3v) is 4.80. The largest absolute Gasteiger partial charge is 0.455 e. The summed E-state index contributed by atoms with van der Waals surface area (Å²) in [4.78, 5) is 25.1. The first kappa shape index (κ1) is 19.8. The molecule has 0 unspecified atom stereocenters. The van der Waals surface area contributed by atoms with Crippen LogP contribution < -0.4 is 5.32 Å². The van der Waals surface area contributed by atoms with E-state index in [2.05, 4.69) is 21.2 Å². The van der Waals surface area contributed by atoms with E-state index < -0.39 is 11.9 Å². The van der Waals surface area contributed by atoms with Crippen LogP contribution in [0.3, 0.4) is 0 Å². The molecule has 0 spiro atoms. The van der Waals surface area contributed by atoms with Crippen LogP contribution in [0, 0.1) is 6.92 Å². The van der Waals surface area contributed by atoms with E-state index >= 15 is 0 Å². The molecule has 0 aromatic heterocycles. The molecule has 4 nitrogen and oxygen atoms in total. The Balaban J connectivity index is 1.69. The molecule has 3 aromatic rings. The van der Waals surface area contributed by atoms with Crippen LogP contribution in [0.2, 0.25) is 0 Å². The predicted octanol–water partition coefficient (Wildman–Crippen LogP) is 5.07. The Morgan fingerprint density at radius 2 is 1.50 bits per heavy atom. The van der Waals surface area contributed by atoms with Gasteiger partial charge in [-0.2, -0.15) is 0 Å². The average Bonchev–Trinajstić information content (AvgIpc) is 2.70. The smallest absolute Gasteiger partial charge is 0.318 e. The number of esters is 1. The SMILES string of the molecule is Cc1cc(Br)ccc1NC(=O)COC(=O)C(c1ccccc1)c1ccccc1. The molecule has 1 amide bonds. The zero-order chi connectivity index (χ0) is 19.9. The standard InChI is InChI=1S/C23H20BrNO3/c1-16-14-19(24)12-13-20(16)25-21(26)15-28-23(27)22(17-8-4-2-5-9-17)18-10-6-3-7-11-18/h2-14,22H,15H2,1H3,(H,25,26). The molecule has 0 radical (unpaired) electrons. The minimum absolute atomic E-state index is 0.343. The van der Waals surface area contributed by atoms with Gasteiger partial charge in [-0.25, -0.2) is 0 Å². The van der Waals surface area contributed by atoms with Gasteiger partial charge in [0.15, 0.2) is 6.61 Å². The summed E-state index contributed by atoms with van der Waals surface area (Å²) in [5, 5.41) is 2.77. The van der Waals surface area contributed by atoms with E-state index in [4.69, 9.17) is 4.74 Å². The Bertz CT molecular complexity index is 919. The maximum atomic E-state index is 12.8. The van der Waals surface area contributed by atoms with Gasteiger partial charge in [0.1, 0.15) is 5.92 Å². The lowest BCUT2D eigenvalue weighted by atomic mass is 9.91. The van der Waals surface area contributed by atoms with Gasteiger partial charge in [-0.3, -0.25) is 9.59 Å². The number of rotatable bonds is 6. The molecule has 3 rings (SSSR count). The maximum absolute atomic E-state index is 12.8. The first-order valence-electron chi connectivity index (χ1n) is 8.87. The molecule has 0 bridgehead atoms. The molecule has 142 valence electrons. The summed E-state index contributed by atoms with van der Waals surface area (Å²) in [6, 6.07) is 24.4. The number of carbonyl (C=O) groups excluding carboxylic acids is 2. The molecule has 0 saturated carbocycles. The number of halogens is 1. The van der Waals surface area contributed by atoms with E-state index in [0.29, 0.717) is 5.69 Å². The Kier molecular flexibility index (Phi) is 6.61. The second kappa shape index (κ2) is 9.33. The van der Waals surface area contributed by atoms with Gasteiger partial charge in [0.05, 0.1) is 0 Å². The summed E-state index contributed by atoms with van der Waals surface area (Å²) in [5.41, 5.74) is 3.25. The second-order valence-electron chi connectivity index (χ2n) is 6.37. The zero-order valence-corrected chi connectivity index (χ0v) is 17.0. The van der Waals surface area contributed by atoms with Gasteiger partial charge in [0.25, 0.3) is 5.91 Å². The Hall–Kier alpha value is -2.92. The third-order valence-electron chi connectivity index (χ3n) is 4.31. The fraction of sp³-hybridized carbons (Fsp3) is 0.130. The molecule has 0 fully saturated rings. The van der Waals surface area contributed by atoms with Crippen LogP contribution >= 0.6 is 15.9 Å². The molecular weight excluding hydrogens is 418 g/mol. The maximum Gasteiger partial charge on any atom is 0.318 e. The zero-order valence-electron chi connectivity index (χ0n) is 15.4. The van der Waals surface area contributed by atoms with E-state index in [9.17, 15) is 9.59 Å². The molecule has 0 aliphatic rings. The van der Waals surface area contributed by atoms with E-state index in [0.717, 1.165) is 21.2 Å². The van der Waals surface area contributed by atoms with Crippen molar-refractivity contribution in [1.29, 1.82) is 0 Å². The Labute approximate surface area is 172 Å². The third kappa shape index (κ3) is 5.08. The van der Waals surface area contributed by atoms with Crippen LogP contribution in [0.5, 0.6) is 0 Å². The summed E-state index contributed by atoms with van der Waals surface area (Å²) in [7, 11) is 0. The number of carbonyl (C=O) groups is 2. The number of amides is 1. The highest BCUT2D eigenvalue weighted by Crippen LogP contribution is 2.26. The molecule has 0 atom stereocenters. The van der Waals surface area contributed by atoms with Crippen molar-refractivity contribution in [2.45, 2.75) is 12.8 Å². The van der Waals surface area contributed by atoms with Crippen molar-refractivity contribution in [3.8, 4) is 0 Å². The molecular formula is C23H20BrNO3. The van der Waals surface area contributed by atoms with Crippen molar-refractivity contribution in [1.82, 2.24) is 0 Å². The molecule has 5 heteroatoms. The highest BCUT2D eigenvalue weighted by molar-refractivity contribution is 9.10. The minimum Gasteiger partial charge on any atom is -0.455 e. The van der Waals surface area contributed by atoms with Gasteiger partial charge in [-0.1, -0.05) is 76.6 Å². The quantitative estimate of drug-likeness (QED) is 0.547. The number of nitrogens with one attached hydrogen (secondary N) is 1. The molecule has 1 N–H and O–H groups in total. The number of hydrogen-bond acceptors (Lipinski definition) is 3. The van der Waals surface area contributed by atoms with E-state index in [-0.39, 0.29) is 12.5 Å². The lowest BCUT2D eigenvalue weighted by Gasteiger charge is -2.17. The first-order chi connectivity index (χ1) is 13.5. The molecule has 0 aliphatic carbocycles. The lowest BCUT2D eigenvalue weighted by Crippen LogP contribution is -2.24. The van der Waals surface area contributed by atoms with Crippen LogP contribution in [-0.2, 0) is 14.3 Å². The molecule has 28 heavy (non-hydrogen) atoms. The molecule has 3 aromatic carbocycles. The normalized spacial score (nSPS) is 10.5. The fourth-order valence-electron chi connectivity index (χ4n) is 2.93. The number of benzene rings is 3. The fourth-order valence-corrected chi connectivity index (χ4v) is 3.40. The van der Waals surface area contributed by atoms with Gasteiger partial charge in [-0.05, 0) is 41.8 Å². The van der Waals surface area contributed by atoms with Crippen molar-refractivity contribution < 1.29 is 14.3 Å². The number of ether oxygens (including phenoxy) is 1. The van der Waals surface area contributed by atoms with Crippen molar-refractivity contribution in [3.05, 3.63) is 100 Å². The predicted molar refractivity (Wildman–Crippen MR) is 113 cm³/mol. The van der Waals surface area contributed by atoms with Gasteiger partial charge in [0, 0.05) is 10.2 Å². The second-order valence-corrected chi connectivity index (χ2v) is 7.29. The van der Waals surface area contributed by atoms with Gasteiger partial charge in [-0.15, -0.1) is 0 Å². The highest BCUT2D eigenvalue weighted by Gasteiger charge is 2.24. The van der Waals surface area contributed by atoms with Crippen LogP contribution in [0.15, 0.2) is 83.3 Å². The van der Waals surface area contributed by atoms with Gasteiger partial charge >= 0.3 is 5.97 Å². The summed E-state index contributed by atoms with van der Waals surface area (Å²) >= 11 is 3.39. The summed E-state index contributed by atoms with van der Waals surface area (Å²) in [6.07, 6.45) is 0. The summed E-state index contributed by atoms with van der Waals surface area (Å²) < 4.78 is 6.28. The van der Waals surface area contributed by atoms with Crippen molar-refractivity contribution in [2.75, 3.05) is 11.9 Å². The van der Waals surface area contributed by atoms with Crippen molar-refractivity contribution in [3.63, 3.8) is 0 Å². The van der Waals surface area contributed by atoms with Crippen LogP contribution in [-0.4, -0.2) is 18.5 Å². The monoisotopic (exact) mass is 437 g/mol. The van der Waals surface area contributed by atoms with Crippen molar-refractivity contribution in [2.24, 2.45) is 0 Å². The Morgan fingerprint density at radius 3 is 2.04 bits per heavy atom. The van der Waals surface area contributed by atoms with Crippen molar-refractivity contribution >= 4 is 33.5 Å². The number of anilines is 1.